The number of hydrogen-bond donors (Lipinski definition) is 0. The Balaban J connectivity index is 1.83. The molecule has 11 heteroatoms. The monoisotopic (exact) mass is 505 g/mol. The lowest BCUT2D eigenvalue weighted by atomic mass is 9.91. The standard InChI is InChI=1S/C27H23N9O2/c1-27(2,14-28)22-9-7-17(11-31-22)36-23-18-10-16(19-12-32-25(38-5)34-24(19)37-4)6-8-20(18)30-13-21(23)35(3)26(36)33-15-29/h6-13H,1-5H3. The van der Waals surface area contributed by atoms with E-state index < -0.39 is 5.41 Å². The molecule has 0 saturated heterocycles. The third kappa shape index (κ3) is 3.87. The van der Waals surface area contributed by atoms with Crippen LogP contribution in [0.4, 0.5) is 0 Å². The minimum absolute atomic E-state index is 0.203. The third-order valence-corrected chi connectivity index (χ3v) is 6.40. The summed E-state index contributed by atoms with van der Waals surface area (Å²) in [5, 5.41) is 19.8. The largest absolute Gasteiger partial charge is 0.480 e. The Morgan fingerprint density at radius 3 is 2.45 bits per heavy atom. The number of pyridine rings is 2. The molecule has 1 aromatic carbocycles. The maximum atomic E-state index is 9.52. The molecular weight excluding hydrogens is 482 g/mol. The number of nitriles is 2. The van der Waals surface area contributed by atoms with Crippen molar-refractivity contribution in [2.24, 2.45) is 12.0 Å². The molecule has 0 radical (unpaired) electrons. The summed E-state index contributed by atoms with van der Waals surface area (Å²) < 4.78 is 14.3. The fourth-order valence-electron chi connectivity index (χ4n) is 4.34. The minimum atomic E-state index is -0.743. The molecule has 0 N–H and O–H groups in total. The van der Waals surface area contributed by atoms with Gasteiger partial charge in [-0.2, -0.15) is 15.5 Å². The first kappa shape index (κ1) is 24.4. The fraction of sp³-hybridized carbons (Fsp3) is 0.222. The zero-order valence-corrected chi connectivity index (χ0v) is 21.5. The van der Waals surface area contributed by atoms with E-state index >= 15 is 0 Å². The zero-order chi connectivity index (χ0) is 27.0. The van der Waals surface area contributed by atoms with Crippen LogP contribution >= 0.6 is 0 Å². The zero-order valence-electron chi connectivity index (χ0n) is 21.5. The second-order valence-electron chi connectivity index (χ2n) is 9.05. The van der Waals surface area contributed by atoms with E-state index in [1.54, 1.807) is 18.6 Å². The molecular formula is C27H23N9O2. The summed E-state index contributed by atoms with van der Waals surface area (Å²) in [6.07, 6.45) is 6.99. The van der Waals surface area contributed by atoms with Gasteiger partial charge in [-0.3, -0.25) is 14.5 Å². The molecule has 4 heterocycles. The molecule has 0 aliphatic carbocycles. The molecule has 4 aromatic heterocycles. The van der Waals surface area contributed by atoms with E-state index in [1.807, 2.05) is 66.6 Å². The van der Waals surface area contributed by atoms with Crippen LogP contribution in [0.5, 0.6) is 11.9 Å². The number of methoxy groups -OCH3 is 2. The lowest BCUT2D eigenvalue weighted by Gasteiger charge is -2.15. The van der Waals surface area contributed by atoms with Crippen LogP contribution in [0, 0.1) is 22.8 Å². The Kier molecular flexibility index (Phi) is 5.97. The molecule has 11 nitrogen and oxygen atoms in total. The highest BCUT2D eigenvalue weighted by atomic mass is 16.5. The van der Waals surface area contributed by atoms with Gasteiger partial charge in [0.05, 0.1) is 71.6 Å². The van der Waals surface area contributed by atoms with E-state index in [2.05, 4.69) is 31.0 Å². The number of hydrogen-bond acceptors (Lipinski definition) is 9. The summed E-state index contributed by atoms with van der Waals surface area (Å²) in [5.74, 6) is 0.373. The van der Waals surface area contributed by atoms with Crippen LogP contribution in [-0.2, 0) is 12.5 Å². The van der Waals surface area contributed by atoms with Crippen LogP contribution < -0.4 is 15.1 Å². The van der Waals surface area contributed by atoms with Crippen LogP contribution in [0.25, 0.3) is 38.8 Å². The maximum absolute atomic E-state index is 9.52. The van der Waals surface area contributed by atoms with Gasteiger partial charge < -0.3 is 14.0 Å². The van der Waals surface area contributed by atoms with Gasteiger partial charge in [-0.15, -0.1) is 4.99 Å². The Hall–Kier alpha value is -5.29. The smallest absolute Gasteiger partial charge is 0.319 e. The number of benzene rings is 1. The second kappa shape index (κ2) is 9.30. The molecule has 5 aromatic rings. The number of rotatable bonds is 5. The van der Waals surface area contributed by atoms with Gasteiger partial charge in [0.15, 0.2) is 0 Å². The first-order chi connectivity index (χ1) is 18.3. The molecule has 0 spiro atoms. The van der Waals surface area contributed by atoms with Crippen molar-refractivity contribution in [2.45, 2.75) is 19.3 Å². The Morgan fingerprint density at radius 1 is 0.974 bits per heavy atom. The number of ether oxygens (including phenoxy) is 2. The van der Waals surface area contributed by atoms with E-state index in [4.69, 9.17) is 9.47 Å². The van der Waals surface area contributed by atoms with E-state index in [0.717, 1.165) is 27.5 Å². The van der Waals surface area contributed by atoms with Gasteiger partial charge in [0.25, 0.3) is 0 Å². The highest BCUT2D eigenvalue weighted by molar-refractivity contribution is 6.04. The minimum Gasteiger partial charge on any atom is -0.480 e. The lowest BCUT2D eigenvalue weighted by molar-refractivity contribution is 0.353. The number of nitrogens with zero attached hydrogens (tertiary/aromatic N) is 9. The summed E-state index contributed by atoms with van der Waals surface area (Å²) in [5.41, 5.74) is 4.78. The van der Waals surface area contributed by atoms with Crippen LogP contribution in [0.3, 0.4) is 0 Å². The molecule has 0 fully saturated rings. The molecule has 0 atom stereocenters. The average molecular weight is 506 g/mol. The van der Waals surface area contributed by atoms with Gasteiger partial charge in [-0.25, -0.2) is 4.98 Å². The summed E-state index contributed by atoms with van der Waals surface area (Å²) in [4.78, 5) is 21.9. The first-order valence-corrected chi connectivity index (χ1v) is 11.6. The van der Waals surface area contributed by atoms with E-state index in [0.29, 0.717) is 28.4 Å². The number of imidazole rings is 1. The van der Waals surface area contributed by atoms with Crippen LogP contribution in [-0.4, -0.2) is 43.3 Å². The van der Waals surface area contributed by atoms with Crippen molar-refractivity contribution in [3.63, 3.8) is 0 Å². The normalized spacial score (nSPS) is 11.9. The van der Waals surface area contributed by atoms with Gasteiger partial charge in [-0.05, 0) is 43.7 Å². The van der Waals surface area contributed by atoms with Gasteiger partial charge in [0, 0.05) is 18.6 Å². The predicted molar refractivity (Wildman–Crippen MR) is 139 cm³/mol. The molecule has 38 heavy (non-hydrogen) atoms. The summed E-state index contributed by atoms with van der Waals surface area (Å²) >= 11 is 0. The highest BCUT2D eigenvalue weighted by Crippen LogP contribution is 2.33. The van der Waals surface area contributed by atoms with Crippen molar-refractivity contribution in [2.75, 3.05) is 14.2 Å². The molecule has 5 rings (SSSR count). The van der Waals surface area contributed by atoms with Gasteiger partial charge in [0.2, 0.25) is 17.7 Å². The van der Waals surface area contributed by atoms with Crippen LogP contribution in [0.1, 0.15) is 19.5 Å². The Bertz CT molecular complexity index is 1850. The van der Waals surface area contributed by atoms with Gasteiger partial charge >= 0.3 is 6.01 Å². The SMILES string of the molecule is COc1ncc(-c2ccc3ncc4c(c3c2)n(-c2ccc(C(C)(C)C#N)nc2)c(=NC#N)n4C)c(OC)n1. The van der Waals surface area contributed by atoms with E-state index in [9.17, 15) is 10.5 Å². The molecule has 188 valence electrons. The Morgan fingerprint density at radius 2 is 1.79 bits per heavy atom. The topological polar surface area (TPSA) is 140 Å². The number of fused-ring (bicyclic) bond motifs is 3. The molecule has 0 aliphatic heterocycles. The second-order valence-corrected chi connectivity index (χ2v) is 9.05. The summed E-state index contributed by atoms with van der Waals surface area (Å²) in [7, 11) is 4.86. The van der Waals surface area contributed by atoms with Crippen LogP contribution in [0.2, 0.25) is 0 Å². The molecule has 0 saturated carbocycles. The molecule has 0 unspecified atom stereocenters. The van der Waals surface area contributed by atoms with Gasteiger partial charge in [0.1, 0.15) is 0 Å². The van der Waals surface area contributed by atoms with Gasteiger partial charge in [-0.1, -0.05) is 6.07 Å². The first-order valence-electron chi connectivity index (χ1n) is 11.6. The van der Waals surface area contributed by atoms with Crippen molar-refractivity contribution in [3.05, 3.63) is 60.2 Å². The molecule has 0 bridgehead atoms. The average Bonchev–Trinajstić information content (AvgIpc) is 3.24. The maximum Gasteiger partial charge on any atom is 0.319 e. The fourth-order valence-corrected chi connectivity index (χ4v) is 4.34. The van der Waals surface area contributed by atoms with Crippen molar-refractivity contribution < 1.29 is 9.47 Å². The Labute approximate surface area is 217 Å². The van der Waals surface area contributed by atoms with Crippen molar-refractivity contribution in [1.29, 1.82) is 10.5 Å². The van der Waals surface area contributed by atoms with E-state index in [1.165, 1.54) is 14.2 Å². The predicted octanol–water partition coefficient (Wildman–Crippen LogP) is 3.57. The van der Waals surface area contributed by atoms with Crippen molar-refractivity contribution in [3.8, 4) is 41.0 Å². The number of aryl methyl sites for hydroxylation is 1. The summed E-state index contributed by atoms with van der Waals surface area (Å²) in [6.45, 7) is 3.63. The van der Waals surface area contributed by atoms with Crippen molar-refractivity contribution in [1.82, 2.24) is 29.1 Å². The van der Waals surface area contributed by atoms with E-state index in [-0.39, 0.29) is 6.01 Å². The quantitative estimate of drug-likeness (QED) is 0.330. The highest BCUT2D eigenvalue weighted by Gasteiger charge is 2.22. The number of aromatic nitrogens is 6. The molecule has 0 amide bonds. The molecule has 0 aliphatic rings. The summed E-state index contributed by atoms with van der Waals surface area (Å²) in [6, 6.07) is 12.0. The van der Waals surface area contributed by atoms with Crippen LogP contribution in [0.15, 0.2) is 53.9 Å². The lowest BCUT2D eigenvalue weighted by Crippen LogP contribution is -2.23. The van der Waals surface area contributed by atoms with Crippen molar-refractivity contribution >= 4 is 21.9 Å². The third-order valence-electron chi connectivity index (χ3n) is 6.40.